The van der Waals surface area contributed by atoms with Crippen LogP contribution in [0, 0.1) is 0 Å². The van der Waals surface area contributed by atoms with Gasteiger partial charge >= 0.3 is 0 Å². The van der Waals surface area contributed by atoms with Crippen molar-refractivity contribution < 1.29 is 12.8 Å². The smallest absolute Gasteiger partial charge is 0.274 e. The van der Waals surface area contributed by atoms with Crippen LogP contribution >= 0.6 is 0 Å². The van der Waals surface area contributed by atoms with Gasteiger partial charge in [0.15, 0.2) is 0 Å². The molecule has 0 atom stereocenters. The average molecular weight is 268 g/mol. The Morgan fingerprint density at radius 3 is 2.78 bits per heavy atom. The molecule has 0 saturated heterocycles. The van der Waals surface area contributed by atoms with Gasteiger partial charge in [0, 0.05) is 6.20 Å². The molecule has 0 aromatic carbocycles. The van der Waals surface area contributed by atoms with E-state index in [1.165, 1.54) is 18.3 Å². The maximum Gasteiger partial charge on any atom is 0.274 e. The fourth-order valence-electron chi connectivity index (χ4n) is 1.28. The monoisotopic (exact) mass is 268 g/mol. The van der Waals surface area contributed by atoms with Crippen LogP contribution in [0.25, 0.3) is 0 Å². The summed E-state index contributed by atoms with van der Waals surface area (Å²) in [5, 5.41) is 7.26. The lowest BCUT2D eigenvalue weighted by Crippen LogP contribution is -2.23. The molecule has 3 N–H and O–H groups in total. The molecule has 7 nitrogen and oxygen atoms in total. The van der Waals surface area contributed by atoms with E-state index in [1.807, 2.05) is 0 Å². The molecule has 18 heavy (non-hydrogen) atoms. The number of rotatable bonds is 5. The molecule has 0 spiro atoms. The van der Waals surface area contributed by atoms with Gasteiger partial charge in [0.2, 0.25) is 5.09 Å². The zero-order valence-corrected chi connectivity index (χ0v) is 10.2. The minimum atomic E-state index is -3.69. The molecular formula is C10H12N4O3S. The third-order valence-electron chi connectivity index (χ3n) is 2.17. The van der Waals surface area contributed by atoms with Gasteiger partial charge in [-0.25, -0.2) is 13.1 Å². The van der Waals surface area contributed by atoms with Crippen LogP contribution in [-0.4, -0.2) is 18.6 Å². The molecule has 0 unspecified atom stereocenters. The molecule has 8 heteroatoms. The van der Waals surface area contributed by atoms with Crippen molar-refractivity contribution in [1.29, 1.82) is 0 Å². The SMILES string of the molecule is NCc1ccc(S(=O)(=O)NCc2cccnn2)o1. The molecule has 0 fully saturated rings. The van der Waals surface area contributed by atoms with Crippen LogP contribution in [0.1, 0.15) is 11.5 Å². The summed E-state index contributed by atoms with van der Waals surface area (Å²) in [5.74, 6) is 0.412. The van der Waals surface area contributed by atoms with Crippen molar-refractivity contribution in [3.63, 3.8) is 0 Å². The lowest BCUT2D eigenvalue weighted by atomic mass is 10.4. The van der Waals surface area contributed by atoms with Gasteiger partial charge < -0.3 is 10.2 Å². The predicted molar refractivity (Wildman–Crippen MR) is 62.7 cm³/mol. The first kappa shape index (κ1) is 12.7. The Morgan fingerprint density at radius 2 is 2.17 bits per heavy atom. The fourth-order valence-corrected chi connectivity index (χ4v) is 2.22. The molecule has 0 aliphatic heterocycles. The van der Waals surface area contributed by atoms with Gasteiger partial charge in [-0.1, -0.05) is 0 Å². The third kappa shape index (κ3) is 2.92. The van der Waals surface area contributed by atoms with Crippen molar-refractivity contribution >= 4 is 10.0 Å². The van der Waals surface area contributed by atoms with E-state index >= 15 is 0 Å². The van der Waals surface area contributed by atoms with Gasteiger partial charge in [-0.2, -0.15) is 10.2 Å². The maximum atomic E-state index is 11.8. The second-order valence-corrected chi connectivity index (χ2v) is 5.16. The first-order chi connectivity index (χ1) is 8.62. The zero-order chi connectivity index (χ0) is 13.0. The second-order valence-electron chi connectivity index (χ2n) is 3.46. The summed E-state index contributed by atoms with van der Waals surface area (Å²) in [4.78, 5) is 0. The van der Waals surface area contributed by atoms with E-state index < -0.39 is 10.0 Å². The number of nitrogens with one attached hydrogen (secondary N) is 1. The molecular weight excluding hydrogens is 256 g/mol. The van der Waals surface area contributed by atoms with Gasteiger partial charge in [0.1, 0.15) is 5.76 Å². The molecule has 0 radical (unpaired) electrons. The normalized spacial score (nSPS) is 11.6. The molecule has 2 aromatic heterocycles. The Hall–Kier alpha value is -1.77. The summed E-state index contributed by atoms with van der Waals surface area (Å²) >= 11 is 0. The summed E-state index contributed by atoms with van der Waals surface area (Å²) in [5.41, 5.74) is 5.86. The van der Waals surface area contributed by atoms with Crippen LogP contribution in [0.4, 0.5) is 0 Å². The Kier molecular flexibility index (Phi) is 3.70. The molecule has 96 valence electrons. The Morgan fingerprint density at radius 1 is 1.33 bits per heavy atom. The first-order valence-corrected chi connectivity index (χ1v) is 6.65. The van der Waals surface area contributed by atoms with Crippen molar-refractivity contribution in [2.75, 3.05) is 0 Å². The summed E-state index contributed by atoms with van der Waals surface area (Å²) in [6, 6.07) is 6.23. The first-order valence-electron chi connectivity index (χ1n) is 5.17. The van der Waals surface area contributed by atoms with Gasteiger partial charge in [-0.3, -0.25) is 0 Å². The molecule has 2 aromatic rings. The lowest BCUT2D eigenvalue weighted by Gasteiger charge is -2.02. The third-order valence-corrected chi connectivity index (χ3v) is 3.45. The molecule has 0 bridgehead atoms. The van der Waals surface area contributed by atoms with Crippen molar-refractivity contribution in [1.82, 2.24) is 14.9 Å². The van der Waals surface area contributed by atoms with E-state index in [9.17, 15) is 8.42 Å². The van der Waals surface area contributed by atoms with E-state index in [1.54, 1.807) is 12.1 Å². The van der Waals surface area contributed by atoms with E-state index in [0.717, 1.165) is 0 Å². The standard InChI is InChI=1S/C10H12N4O3S/c11-6-9-3-4-10(17-9)18(15,16)13-7-8-2-1-5-12-14-8/h1-5,13H,6-7,11H2. The van der Waals surface area contributed by atoms with E-state index in [-0.39, 0.29) is 18.2 Å². The second kappa shape index (κ2) is 5.25. The van der Waals surface area contributed by atoms with Gasteiger partial charge in [-0.15, -0.1) is 0 Å². The van der Waals surface area contributed by atoms with Crippen LogP contribution in [0.5, 0.6) is 0 Å². The molecule has 0 aliphatic carbocycles. The minimum absolute atomic E-state index is 0.0504. The highest BCUT2D eigenvalue weighted by atomic mass is 32.2. The van der Waals surface area contributed by atoms with Crippen molar-refractivity contribution in [3.8, 4) is 0 Å². The van der Waals surface area contributed by atoms with Crippen molar-refractivity contribution in [2.24, 2.45) is 5.73 Å². The molecule has 2 rings (SSSR count). The number of sulfonamides is 1. The molecule has 0 saturated carbocycles. The van der Waals surface area contributed by atoms with Gasteiger partial charge in [-0.05, 0) is 24.3 Å². The van der Waals surface area contributed by atoms with Gasteiger partial charge in [0.25, 0.3) is 10.0 Å². The average Bonchev–Trinajstić information content (AvgIpc) is 2.87. The quantitative estimate of drug-likeness (QED) is 0.790. The van der Waals surface area contributed by atoms with Gasteiger partial charge in [0.05, 0.1) is 18.8 Å². The lowest BCUT2D eigenvalue weighted by molar-refractivity contribution is 0.412. The zero-order valence-electron chi connectivity index (χ0n) is 9.41. The fraction of sp³-hybridized carbons (Fsp3) is 0.200. The van der Waals surface area contributed by atoms with Crippen LogP contribution < -0.4 is 10.5 Å². The number of nitrogens with zero attached hydrogens (tertiary/aromatic N) is 2. The highest BCUT2D eigenvalue weighted by Gasteiger charge is 2.18. The Balaban J connectivity index is 2.08. The van der Waals surface area contributed by atoms with Crippen LogP contribution in [0.3, 0.4) is 0 Å². The molecule has 2 heterocycles. The highest BCUT2D eigenvalue weighted by molar-refractivity contribution is 7.89. The number of furan rings is 1. The van der Waals surface area contributed by atoms with Crippen molar-refractivity contribution in [3.05, 3.63) is 41.9 Å². The van der Waals surface area contributed by atoms with E-state index in [0.29, 0.717) is 11.5 Å². The number of hydrogen-bond donors (Lipinski definition) is 2. The number of aromatic nitrogens is 2. The molecule has 0 aliphatic rings. The predicted octanol–water partition coefficient (Wildman–Crippen LogP) is 0.00680. The minimum Gasteiger partial charge on any atom is -0.447 e. The summed E-state index contributed by atoms with van der Waals surface area (Å²) < 4.78 is 31.1. The van der Waals surface area contributed by atoms with Crippen LogP contribution in [0.15, 0.2) is 40.0 Å². The number of nitrogens with two attached hydrogens (primary N) is 1. The maximum absolute atomic E-state index is 11.8. The topological polar surface area (TPSA) is 111 Å². The summed E-state index contributed by atoms with van der Waals surface area (Å²) in [6.45, 7) is 0.203. The van der Waals surface area contributed by atoms with E-state index in [2.05, 4.69) is 14.9 Å². The van der Waals surface area contributed by atoms with E-state index in [4.69, 9.17) is 10.2 Å². The van der Waals surface area contributed by atoms with Crippen LogP contribution in [0.2, 0.25) is 0 Å². The summed E-state index contributed by atoms with van der Waals surface area (Å²) in [6.07, 6.45) is 1.51. The molecule has 0 amide bonds. The number of hydrogen-bond acceptors (Lipinski definition) is 6. The van der Waals surface area contributed by atoms with Crippen LogP contribution in [-0.2, 0) is 23.1 Å². The largest absolute Gasteiger partial charge is 0.447 e. The highest BCUT2D eigenvalue weighted by Crippen LogP contribution is 2.13. The Bertz CT molecular complexity index is 609. The Labute approximate surface area is 104 Å². The van der Waals surface area contributed by atoms with Crippen molar-refractivity contribution in [2.45, 2.75) is 18.2 Å². The summed E-state index contributed by atoms with van der Waals surface area (Å²) in [7, 11) is -3.69.